The predicted octanol–water partition coefficient (Wildman–Crippen LogP) is 4.06. The molecule has 5 nitrogen and oxygen atoms in total. The number of rotatable bonds is 3. The molecule has 5 heteroatoms. The first-order valence-corrected chi connectivity index (χ1v) is 9.02. The fraction of sp³-hybridized carbons (Fsp3) is 0.0435. The molecular weight excluding hydrogens is 348 g/mol. The van der Waals surface area contributed by atoms with Gasteiger partial charge in [-0.05, 0) is 47.0 Å². The fourth-order valence-corrected chi connectivity index (χ4v) is 3.37. The van der Waals surface area contributed by atoms with E-state index in [1.54, 1.807) is 35.4 Å². The maximum Gasteiger partial charge on any atom is 0.263 e. The van der Waals surface area contributed by atoms with Gasteiger partial charge in [0.05, 0.1) is 17.4 Å². The van der Waals surface area contributed by atoms with E-state index in [-0.39, 0.29) is 5.56 Å². The first kappa shape index (κ1) is 16.3. The van der Waals surface area contributed by atoms with Crippen LogP contribution in [0, 0.1) is 0 Å². The average molecular weight is 364 g/mol. The summed E-state index contributed by atoms with van der Waals surface area (Å²) in [4.78, 5) is 25.4. The highest BCUT2D eigenvalue weighted by Gasteiger charge is 2.06. The molecule has 0 bridgehead atoms. The zero-order chi connectivity index (χ0) is 18.9. The number of aromatic nitrogens is 4. The number of nitrogens with zero attached hydrogens (tertiary/aromatic N) is 4. The molecule has 5 rings (SSSR count). The zero-order valence-electron chi connectivity index (χ0n) is 15.0. The summed E-state index contributed by atoms with van der Waals surface area (Å²) in [6, 6.07) is 22.0. The third-order valence-corrected chi connectivity index (χ3v) is 4.84. The van der Waals surface area contributed by atoms with E-state index >= 15 is 0 Å². The second-order valence-electron chi connectivity index (χ2n) is 6.66. The third-order valence-electron chi connectivity index (χ3n) is 4.84. The molecule has 0 saturated carbocycles. The topological polar surface area (TPSA) is 60.7 Å². The van der Waals surface area contributed by atoms with Gasteiger partial charge >= 0.3 is 0 Å². The van der Waals surface area contributed by atoms with Crippen molar-refractivity contribution in [1.82, 2.24) is 19.5 Å². The van der Waals surface area contributed by atoms with Gasteiger partial charge in [0.25, 0.3) is 5.56 Å². The summed E-state index contributed by atoms with van der Waals surface area (Å²) in [6.45, 7) is 0.471. The van der Waals surface area contributed by atoms with E-state index < -0.39 is 0 Å². The largest absolute Gasteiger partial charge is 0.294 e. The quantitative estimate of drug-likeness (QED) is 0.484. The summed E-state index contributed by atoms with van der Waals surface area (Å²) >= 11 is 0. The highest BCUT2D eigenvalue weighted by molar-refractivity contribution is 5.84. The molecule has 0 unspecified atom stereocenters. The Morgan fingerprint density at radius 2 is 1.57 bits per heavy atom. The number of benzene rings is 2. The van der Waals surface area contributed by atoms with Gasteiger partial charge in [0.2, 0.25) is 0 Å². The molecule has 0 N–H and O–H groups in total. The number of hydrogen-bond acceptors (Lipinski definition) is 4. The van der Waals surface area contributed by atoms with E-state index in [1.165, 1.54) is 0 Å². The van der Waals surface area contributed by atoms with Crippen LogP contribution in [0.4, 0.5) is 0 Å². The minimum Gasteiger partial charge on any atom is -0.294 e. The zero-order valence-corrected chi connectivity index (χ0v) is 15.0. The smallest absolute Gasteiger partial charge is 0.263 e. The standard InChI is InChI=1S/C23H16N4O/c28-23-20-4-2-12-25-22(20)26-15-27(23)14-16-5-7-17(8-6-16)18-9-10-21-19(13-18)3-1-11-24-21/h1-13,15H,14H2. The molecule has 0 aliphatic carbocycles. The molecule has 0 fully saturated rings. The molecule has 3 aromatic heterocycles. The second-order valence-corrected chi connectivity index (χ2v) is 6.66. The van der Waals surface area contributed by atoms with E-state index in [0.717, 1.165) is 27.6 Å². The minimum absolute atomic E-state index is 0.0794. The van der Waals surface area contributed by atoms with Crippen LogP contribution in [0.25, 0.3) is 33.1 Å². The summed E-state index contributed by atoms with van der Waals surface area (Å²) in [5.74, 6) is 0. The Balaban J connectivity index is 1.45. The van der Waals surface area contributed by atoms with Gasteiger partial charge in [-0.15, -0.1) is 0 Å². The Labute approximate surface area is 161 Å². The van der Waals surface area contributed by atoms with Gasteiger partial charge in [0.1, 0.15) is 6.33 Å². The molecule has 28 heavy (non-hydrogen) atoms. The molecule has 0 aliphatic heterocycles. The predicted molar refractivity (Wildman–Crippen MR) is 110 cm³/mol. The Hall–Kier alpha value is -3.86. The van der Waals surface area contributed by atoms with E-state index in [9.17, 15) is 4.79 Å². The monoisotopic (exact) mass is 364 g/mol. The molecule has 0 saturated heterocycles. The lowest BCUT2D eigenvalue weighted by Crippen LogP contribution is -2.21. The Kier molecular flexibility index (Phi) is 3.91. The van der Waals surface area contributed by atoms with Crippen molar-refractivity contribution >= 4 is 21.9 Å². The van der Waals surface area contributed by atoms with Gasteiger partial charge in [-0.2, -0.15) is 0 Å². The van der Waals surface area contributed by atoms with Gasteiger partial charge in [-0.3, -0.25) is 14.3 Å². The highest BCUT2D eigenvalue weighted by atomic mass is 16.1. The second kappa shape index (κ2) is 6.70. The van der Waals surface area contributed by atoms with Crippen molar-refractivity contribution in [3.05, 3.63) is 101 Å². The lowest BCUT2D eigenvalue weighted by molar-refractivity contribution is 0.747. The van der Waals surface area contributed by atoms with Crippen molar-refractivity contribution in [3.63, 3.8) is 0 Å². The summed E-state index contributed by atoms with van der Waals surface area (Å²) in [7, 11) is 0. The molecule has 3 heterocycles. The van der Waals surface area contributed by atoms with Crippen molar-refractivity contribution in [2.75, 3.05) is 0 Å². The van der Waals surface area contributed by atoms with Crippen LogP contribution in [0.15, 0.2) is 90.2 Å². The lowest BCUT2D eigenvalue weighted by atomic mass is 10.0. The highest BCUT2D eigenvalue weighted by Crippen LogP contribution is 2.24. The van der Waals surface area contributed by atoms with Gasteiger partial charge < -0.3 is 0 Å². The van der Waals surface area contributed by atoms with Gasteiger partial charge in [-0.1, -0.05) is 36.4 Å². The van der Waals surface area contributed by atoms with Crippen LogP contribution in [-0.4, -0.2) is 19.5 Å². The van der Waals surface area contributed by atoms with Crippen molar-refractivity contribution in [3.8, 4) is 11.1 Å². The van der Waals surface area contributed by atoms with Crippen LogP contribution >= 0.6 is 0 Å². The van der Waals surface area contributed by atoms with Gasteiger partial charge in [0, 0.05) is 17.8 Å². The number of fused-ring (bicyclic) bond motifs is 2. The maximum atomic E-state index is 12.6. The molecule has 134 valence electrons. The fourth-order valence-electron chi connectivity index (χ4n) is 3.37. The summed E-state index contributed by atoms with van der Waals surface area (Å²) in [5, 5.41) is 1.65. The molecule has 2 aromatic carbocycles. The lowest BCUT2D eigenvalue weighted by Gasteiger charge is -2.08. The summed E-state index contributed by atoms with van der Waals surface area (Å²) in [6.07, 6.45) is 5.00. The van der Waals surface area contributed by atoms with Crippen molar-refractivity contribution in [2.45, 2.75) is 6.54 Å². The van der Waals surface area contributed by atoms with Crippen LogP contribution in [0.3, 0.4) is 0 Å². The summed E-state index contributed by atoms with van der Waals surface area (Å²) in [5.41, 5.74) is 4.69. The van der Waals surface area contributed by atoms with Crippen molar-refractivity contribution < 1.29 is 0 Å². The maximum absolute atomic E-state index is 12.6. The van der Waals surface area contributed by atoms with E-state index in [1.807, 2.05) is 24.3 Å². The minimum atomic E-state index is -0.0794. The molecule has 0 spiro atoms. The SMILES string of the molecule is O=c1c2cccnc2ncn1Cc1ccc(-c2ccc3ncccc3c2)cc1. The van der Waals surface area contributed by atoms with Gasteiger partial charge in [0.15, 0.2) is 5.65 Å². The van der Waals surface area contributed by atoms with Crippen molar-refractivity contribution in [1.29, 1.82) is 0 Å². The van der Waals surface area contributed by atoms with Crippen LogP contribution < -0.4 is 5.56 Å². The van der Waals surface area contributed by atoms with E-state index in [4.69, 9.17) is 0 Å². The normalized spacial score (nSPS) is 11.1. The van der Waals surface area contributed by atoms with Crippen LogP contribution in [-0.2, 0) is 6.54 Å². The Bertz CT molecular complexity index is 1360. The first-order chi connectivity index (χ1) is 13.8. The van der Waals surface area contributed by atoms with E-state index in [0.29, 0.717) is 17.6 Å². The Morgan fingerprint density at radius 3 is 2.46 bits per heavy atom. The van der Waals surface area contributed by atoms with Crippen LogP contribution in [0.1, 0.15) is 5.56 Å². The Morgan fingerprint density at radius 1 is 0.786 bits per heavy atom. The molecule has 5 aromatic rings. The van der Waals surface area contributed by atoms with Crippen LogP contribution in [0.2, 0.25) is 0 Å². The number of hydrogen-bond donors (Lipinski definition) is 0. The molecular formula is C23H16N4O. The molecule has 0 amide bonds. The van der Waals surface area contributed by atoms with Gasteiger partial charge in [-0.25, -0.2) is 9.97 Å². The van der Waals surface area contributed by atoms with E-state index in [2.05, 4.69) is 45.3 Å². The average Bonchev–Trinajstić information content (AvgIpc) is 2.76. The summed E-state index contributed by atoms with van der Waals surface area (Å²) < 4.78 is 1.61. The van der Waals surface area contributed by atoms with Crippen molar-refractivity contribution in [2.24, 2.45) is 0 Å². The molecule has 0 radical (unpaired) electrons. The number of pyridine rings is 2. The molecule has 0 aliphatic rings. The first-order valence-electron chi connectivity index (χ1n) is 9.02. The van der Waals surface area contributed by atoms with Crippen LogP contribution in [0.5, 0.6) is 0 Å². The molecule has 0 atom stereocenters. The third kappa shape index (κ3) is 2.93.